The SMILES string of the molecule is C[C@@H]1C=C(F)[C@H](CC[C@H](O)C2CCC([C@H]3CC=C(C4CCCCC4)C(F)=C3F)CC2)CC1. The average molecular weight is 451 g/mol. The van der Waals surface area contributed by atoms with Gasteiger partial charge in [0, 0.05) is 11.8 Å². The predicted octanol–water partition coefficient (Wildman–Crippen LogP) is 8.51. The van der Waals surface area contributed by atoms with E-state index < -0.39 is 17.8 Å². The molecule has 180 valence electrons. The Kier molecular flexibility index (Phi) is 8.23. The largest absolute Gasteiger partial charge is 0.393 e. The van der Waals surface area contributed by atoms with Crippen LogP contribution in [0.2, 0.25) is 0 Å². The van der Waals surface area contributed by atoms with Crippen LogP contribution in [0.25, 0.3) is 0 Å². The van der Waals surface area contributed by atoms with Gasteiger partial charge in [0.25, 0.3) is 0 Å². The number of allylic oxidation sites excluding steroid dienone is 6. The molecular formula is C28H41F3O. The first-order valence-corrected chi connectivity index (χ1v) is 13.2. The molecule has 0 spiro atoms. The van der Waals surface area contributed by atoms with Gasteiger partial charge in [-0.1, -0.05) is 32.3 Å². The van der Waals surface area contributed by atoms with E-state index in [4.69, 9.17) is 0 Å². The van der Waals surface area contributed by atoms with Crippen molar-refractivity contribution in [2.45, 2.75) is 103 Å². The molecule has 0 saturated heterocycles. The molecule has 0 aromatic rings. The molecule has 0 aromatic heterocycles. The Labute approximate surface area is 192 Å². The molecule has 0 amide bonds. The summed E-state index contributed by atoms with van der Waals surface area (Å²) in [4.78, 5) is 0. The molecule has 2 saturated carbocycles. The Morgan fingerprint density at radius 1 is 0.938 bits per heavy atom. The monoisotopic (exact) mass is 450 g/mol. The van der Waals surface area contributed by atoms with Crippen LogP contribution in [0.4, 0.5) is 13.2 Å². The van der Waals surface area contributed by atoms with Gasteiger partial charge in [-0.2, -0.15) is 0 Å². The van der Waals surface area contributed by atoms with Crippen LogP contribution in [0.15, 0.2) is 35.2 Å². The van der Waals surface area contributed by atoms with E-state index in [0.717, 1.165) is 64.2 Å². The van der Waals surface area contributed by atoms with Crippen molar-refractivity contribution < 1.29 is 18.3 Å². The van der Waals surface area contributed by atoms with Gasteiger partial charge in [0.2, 0.25) is 0 Å². The second-order valence-corrected chi connectivity index (χ2v) is 11.1. The van der Waals surface area contributed by atoms with Crippen LogP contribution in [0, 0.1) is 35.5 Å². The van der Waals surface area contributed by atoms with Crippen molar-refractivity contribution in [2.75, 3.05) is 0 Å². The van der Waals surface area contributed by atoms with Crippen LogP contribution in [0.1, 0.15) is 96.8 Å². The fourth-order valence-electron chi connectivity index (χ4n) is 6.82. The van der Waals surface area contributed by atoms with Gasteiger partial charge in [-0.15, -0.1) is 0 Å². The molecule has 4 atom stereocenters. The van der Waals surface area contributed by atoms with E-state index in [-0.39, 0.29) is 35.4 Å². The van der Waals surface area contributed by atoms with E-state index in [2.05, 4.69) is 0 Å². The normalized spacial score (nSPS) is 36.0. The maximum atomic E-state index is 15.1. The lowest BCUT2D eigenvalue weighted by molar-refractivity contribution is 0.0537. The number of hydrogen-bond acceptors (Lipinski definition) is 1. The van der Waals surface area contributed by atoms with Gasteiger partial charge in [-0.3, -0.25) is 0 Å². The lowest BCUT2D eigenvalue weighted by Gasteiger charge is -2.37. The van der Waals surface area contributed by atoms with E-state index in [9.17, 15) is 13.9 Å². The van der Waals surface area contributed by atoms with E-state index >= 15 is 4.39 Å². The molecule has 4 aliphatic carbocycles. The van der Waals surface area contributed by atoms with E-state index in [1.165, 1.54) is 6.42 Å². The summed E-state index contributed by atoms with van der Waals surface area (Å²) < 4.78 is 44.1. The number of hydrogen-bond donors (Lipinski definition) is 1. The zero-order chi connectivity index (χ0) is 22.7. The highest BCUT2D eigenvalue weighted by atomic mass is 19.2. The number of rotatable bonds is 6. The quantitative estimate of drug-likeness (QED) is 0.430. The van der Waals surface area contributed by atoms with E-state index in [1.54, 1.807) is 6.08 Å². The summed E-state index contributed by atoms with van der Waals surface area (Å²) in [5.74, 6) is -0.550. The molecule has 2 fully saturated rings. The molecule has 0 radical (unpaired) electrons. The third-order valence-electron chi connectivity index (χ3n) is 8.97. The van der Waals surface area contributed by atoms with Crippen molar-refractivity contribution in [3.05, 3.63) is 35.2 Å². The first kappa shape index (κ1) is 24.1. The molecule has 0 bridgehead atoms. The number of halogens is 3. The summed E-state index contributed by atoms with van der Waals surface area (Å²) in [7, 11) is 0. The molecule has 4 heteroatoms. The highest BCUT2D eigenvalue weighted by Crippen LogP contribution is 2.47. The minimum Gasteiger partial charge on any atom is -0.393 e. The highest BCUT2D eigenvalue weighted by Gasteiger charge is 2.37. The van der Waals surface area contributed by atoms with Gasteiger partial charge in [0.05, 0.1) is 11.9 Å². The van der Waals surface area contributed by atoms with Crippen LogP contribution >= 0.6 is 0 Å². The lowest BCUT2D eigenvalue weighted by Crippen LogP contribution is -2.30. The molecule has 0 aromatic carbocycles. The first-order valence-electron chi connectivity index (χ1n) is 13.2. The Morgan fingerprint density at radius 3 is 2.34 bits per heavy atom. The summed E-state index contributed by atoms with van der Waals surface area (Å²) in [6, 6.07) is 0. The van der Waals surface area contributed by atoms with Crippen molar-refractivity contribution in [1.29, 1.82) is 0 Å². The Balaban J connectivity index is 1.25. The van der Waals surface area contributed by atoms with Gasteiger partial charge in [0.15, 0.2) is 5.83 Å². The van der Waals surface area contributed by atoms with Crippen molar-refractivity contribution in [3.8, 4) is 0 Å². The summed E-state index contributed by atoms with van der Waals surface area (Å²) in [5.41, 5.74) is 0.640. The van der Waals surface area contributed by atoms with Crippen molar-refractivity contribution in [1.82, 2.24) is 0 Å². The smallest absolute Gasteiger partial charge is 0.158 e. The standard InChI is InChI=1S/C28H41F3O/c1-18-7-8-21(25(29)17-18)13-16-26(32)22-11-9-20(10-12-22)24-15-14-23(27(30)28(24)31)19-5-3-2-4-6-19/h14,17-22,24,26,32H,2-13,15-16H2,1H3/t18-,20?,21-,22?,24+,26-/m0/s1. The summed E-state index contributed by atoms with van der Waals surface area (Å²) >= 11 is 0. The van der Waals surface area contributed by atoms with Crippen LogP contribution in [0.5, 0.6) is 0 Å². The third-order valence-corrected chi connectivity index (χ3v) is 8.97. The maximum absolute atomic E-state index is 15.1. The van der Waals surface area contributed by atoms with Crippen molar-refractivity contribution >= 4 is 0 Å². The number of aliphatic hydroxyl groups excluding tert-OH is 1. The summed E-state index contributed by atoms with van der Waals surface area (Å²) in [6.45, 7) is 2.05. The van der Waals surface area contributed by atoms with Crippen molar-refractivity contribution in [3.63, 3.8) is 0 Å². The molecule has 1 N–H and O–H groups in total. The van der Waals surface area contributed by atoms with Crippen LogP contribution in [0.3, 0.4) is 0 Å². The Morgan fingerprint density at radius 2 is 1.66 bits per heavy atom. The zero-order valence-corrected chi connectivity index (χ0v) is 19.7. The van der Waals surface area contributed by atoms with Gasteiger partial charge in [-0.25, -0.2) is 13.2 Å². The molecular weight excluding hydrogens is 409 g/mol. The fourth-order valence-corrected chi connectivity index (χ4v) is 6.82. The first-order chi connectivity index (χ1) is 15.4. The minimum atomic E-state index is -0.563. The number of aliphatic hydroxyl groups is 1. The highest BCUT2D eigenvalue weighted by molar-refractivity contribution is 5.35. The molecule has 4 rings (SSSR count). The Bertz CT molecular complexity index is 725. The third kappa shape index (κ3) is 5.54. The second-order valence-electron chi connectivity index (χ2n) is 11.1. The lowest BCUT2D eigenvalue weighted by atomic mass is 9.70. The topological polar surface area (TPSA) is 20.2 Å². The second kappa shape index (κ2) is 10.9. The molecule has 4 aliphatic rings. The van der Waals surface area contributed by atoms with E-state index in [1.807, 2.05) is 13.0 Å². The molecule has 32 heavy (non-hydrogen) atoms. The van der Waals surface area contributed by atoms with Gasteiger partial charge in [-0.05, 0) is 106 Å². The predicted molar refractivity (Wildman–Crippen MR) is 124 cm³/mol. The summed E-state index contributed by atoms with van der Waals surface area (Å²) in [6.07, 6.45) is 16.0. The average Bonchev–Trinajstić information content (AvgIpc) is 2.81. The van der Waals surface area contributed by atoms with Gasteiger partial charge >= 0.3 is 0 Å². The van der Waals surface area contributed by atoms with Crippen molar-refractivity contribution in [2.24, 2.45) is 35.5 Å². The fraction of sp³-hybridized carbons (Fsp3) is 0.786. The molecule has 0 heterocycles. The molecule has 1 nitrogen and oxygen atoms in total. The summed E-state index contributed by atoms with van der Waals surface area (Å²) in [5, 5.41) is 10.7. The van der Waals surface area contributed by atoms with Gasteiger partial charge in [0.1, 0.15) is 5.83 Å². The zero-order valence-electron chi connectivity index (χ0n) is 19.7. The van der Waals surface area contributed by atoms with Crippen LogP contribution in [-0.2, 0) is 0 Å². The molecule has 0 unspecified atom stereocenters. The molecule has 0 aliphatic heterocycles. The van der Waals surface area contributed by atoms with Crippen LogP contribution < -0.4 is 0 Å². The van der Waals surface area contributed by atoms with E-state index in [0.29, 0.717) is 30.8 Å². The maximum Gasteiger partial charge on any atom is 0.158 e. The van der Waals surface area contributed by atoms with Gasteiger partial charge < -0.3 is 5.11 Å². The van der Waals surface area contributed by atoms with Crippen LogP contribution in [-0.4, -0.2) is 11.2 Å². The minimum absolute atomic E-state index is 0.00176. The Hall–Kier alpha value is -1.03.